The van der Waals surface area contributed by atoms with E-state index in [1.165, 1.54) is 40.8 Å². The molecule has 2 aliphatic rings. The predicted octanol–water partition coefficient (Wildman–Crippen LogP) is 4.37. The lowest BCUT2D eigenvalue weighted by Gasteiger charge is -2.37. The van der Waals surface area contributed by atoms with E-state index in [2.05, 4.69) is 28.5 Å². The van der Waals surface area contributed by atoms with Gasteiger partial charge in [0, 0.05) is 36.7 Å². The van der Waals surface area contributed by atoms with Gasteiger partial charge in [-0.2, -0.15) is 0 Å². The normalized spacial score (nSPS) is 18.0. The molecule has 2 fully saturated rings. The Morgan fingerprint density at radius 1 is 0.900 bits per heavy atom. The minimum Gasteiger partial charge on any atom is -0.368 e. The number of benzene rings is 1. The van der Waals surface area contributed by atoms with Crippen LogP contribution in [0.5, 0.6) is 0 Å². The van der Waals surface area contributed by atoms with E-state index in [1.807, 2.05) is 12.1 Å². The Bertz CT molecular complexity index is 1030. The fourth-order valence-electron chi connectivity index (χ4n) is 4.54. The first-order chi connectivity index (χ1) is 14.6. The molecule has 2 aromatic heterocycles. The molecule has 1 aromatic carbocycles. The molecule has 0 atom stereocenters. The van der Waals surface area contributed by atoms with Crippen LogP contribution in [0, 0.1) is 19.7 Å². The van der Waals surface area contributed by atoms with Crippen molar-refractivity contribution in [1.82, 2.24) is 14.9 Å². The maximum atomic E-state index is 13.3. The van der Waals surface area contributed by atoms with E-state index < -0.39 is 0 Å². The molecule has 0 spiro atoms. The number of aryl methyl sites for hydroxylation is 2. The fraction of sp³-hybridized carbons (Fsp3) is 0.478. The first-order valence-corrected chi connectivity index (χ1v) is 11.6. The zero-order valence-corrected chi connectivity index (χ0v) is 18.5. The van der Waals surface area contributed by atoms with Gasteiger partial charge in [0.2, 0.25) is 0 Å². The van der Waals surface area contributed by atoms with Crippen molar-refractivity contribution in [2.24, 2.45) is 0 Å². The Morgan fingerprint density at radius 2 is 1.57 bits per heavy atom. The molecule has 0 bridgehead atoms. The summed E-state index contributed by atoms with van der Waals surface area (Å²) in [4.78, 5) is 19.7. The van der Waals surface area contributed by atoms with Gasteiger partial charge >= 0.3 is 0 Å². The van der Waals surface area contributed by atoms with Crippen molar-refractivity contribution in [2.75, 3.05) is 49.1 Å². The van der Waals surface area contributed by atoms with Crippen LogP contribution in [0.2, 0.25) is 0 Å². The van der Waals surface area contributed by atoms with E-state index in [-0.39, 0.29) is 5.82 Å². The SMILES string of the molecule is Cc1sc2nc(CN3CCCC3)nc(N3CCN(c4ccc(F)cc4)CC3)c2c1C. The highest BCUT2D eigenvalue weighted by Gasteiger charge is 2.24. The molecule has 0 radical (unpaired) electrons. The van der Waals surface area contributed by atoms with Crippen LogP contribution in [0.1, 0.15) is 29.1 Å². The van der Waals surface area contributed by atoms with Gasteiger partial charge in [-0.15, -0.1) is 11.3 Å². The summed E-state index contributed by atoms with van der Waals surface area (Å²) < 4.78 is 13.3. The van der Waals surface area contributed by atoms with Gasteiger partial charge in [0.1, 0.15) is 22.3 Å². The Labute approximate surface area is 181 Å². The topological polar surface area (TPSA) is 35.5 Å². The van der Waals surface area contributed by atoms with Crippen LogP contribution in [-0.4, -0.2) is 54.1 Å². The molecule has 30 heavy (non-hydrogen) atoms. The summed E-state index contributed by atoms with van der Waals surface area (Å²) in [7, 11) is 0. The van der Waals surface area contributed by atoms with E-state index in [4.69, 9.17) is 9.97 Å². The van der Waals surface area contributed by atoms with Crippen molar-refractivity contribution in [3.63, 3.8) is 0 Å². The molecule has 2 saturated heterocycles. The number of nitrogens with zero attached hydrogens (tertiary/aromatic N) is 5. The van der Waals surface area contributed by atoms with E-state index in [0.29, 0.717) is 0 Å². The number of fused-ring (bicyclic) bond motifs is 1. The zero-order chi connectivity index (χ0) is 20.7. The van der Waals surface area contributed by atoms with Gasteiger partial charge in [-0.05, 0) is 69.6 Å². The Hall–Kier alpha value is -2.25. The smallest absolute Gasteiger partial charge is 0.146 e. The molecule has 5 nitrogen and oxygen atoms in total. The van der Waals surface area contributed by atoms with Gasteiger partial charge in [0.15, 0.2) is 0 Å². The maximum absolute atomic E-state index is 13.3. The van der Waals surface area contributed by atoms with Gasteiger partial charge in [0.05, 0.1) is 11.9 Å². The summed E-state index contributed by atoms with van der Waals surface area (Å²) in [5, 5.41) is 1.22. The Morgan fingerprint density at radius 3 is 2.27 bits per heavy atom. The lowest BCUT2D eigenvalue weighted by molar-refractivity contribution is 0.323. The van der Waals surface area contributed by atoms with E-state index in [0.717, 1.165) is 68.0 Å². The summed E-state index contributed by atoms with van der Waals surface area (Å²) in [5.74, 6) is 1.85. The standard InChI is InChI=1S/C23H28FN5S/c1-16-17(2)30-23-21(16)22(25-20(26-23)15-27-9-3-4-10-27)29-13-11-28(12-14-29)19-7-5-18(24)6-8-19/h5-8H,3-4,9-15H2,1-2H3. The maximum Gasteiger partial charge on any atom is 0.146 e. The number of hydrogen-bond acceptors (Lipinski definition) is 6. The third-order valence-corrected chi connectivity index (χ3v) is 7.49. The molecule has 2 aliphatic heterocycles. The highest BCUT2D eigenvalue weighted by molar-refractivity contribution is 7.18. The Kier molecular flexibility index (Phi) is 5.33. The second-order valence-electron chi connectivity index (χ2n) is 8.36. The van der Waals surface area contributed by atoms with Crippen LogP contribution < -0.4 is 9.80 Å². The zero-order valence-electron chi connectivity index (χ0n) is 17.7. The molecule has 0 amide bonds. The molecular weight excluding hydrogens is 397 g/mol. The molecule has 4 heterocycles. The lowest BCUT2D eigenvalue weighted by Crippen LogP contribution is -2.47. The molecule has 7 heteroatoms. The number of piperazine rings is 1. The van der Waals surface area contributed by atoms with Gasteiger partial charge in [0.25, 0.3) is 0 Å². The Balaban J connectivity index is 1.42. The molecule has 0 N–H and O–H groups in total. The summed E-state index contributed by atoms with van der Waals surface area (Å²) in [5.41, 5.74) is 2.39. The van der Waals surface area contributed by atoms with Crippen molar-refractivity contribution >= 4 is 33.1 Å². The molecule has 0 unspecified atom stereocenters. The number of rotatable bonds is 4. The number of likely N-dealkylation sites (tertiary alicyclic amines) is 1. The van der Waals surface area contributed by atoms with Gasteiger partial charge in [-0.1, -0.05) is 0 Å². The third-order valence-electron chi connectivity index (χ3n) is 6.39. The van der Waals surface area contributed by atoms with Crippen LogP contribution in [0.3, 0.4) is 0 Å². The fourth-order valence-corrected chi connectivity index (χ4v) is 5.58. The van der Waals surface area contributed by atoms with Crippen LogP contribution in [0.15, 0.2) is 24.3 Å². The summed E-state index contributed by atoms with van der Waals surface area (Å²) in [6.45, 7) is 11.1. The summed E-state index contributed by atoms with van der Waals surface area (Å²) >= 11 is 1.79. The van der Waals surface area contributed by atoms with Crippen molar-refractivity contribution < 1.29 is 4.39 Å². The minimum absolute atomic E-state index is 0.186. The van der Waals surface area contributed by atoms with E-state index in [1.54, 1.807) is 11.3 Å². The second kappa shape index (κ2) is 8.12. The van der Waals surface area contributed by atoms with Crippen molar-refractivity contribution in [3.8, 4) is 0 Å². The molecule has 5 rings (SSSR count). The minimum atomic E-state index is -0.186. The number of thiophene rings is 1. The largest absolute Gasteiger partial charge is 0.368 e. The average Bonchev–Trinajstić information content (AvgIpc) is 3.36. The van der Waals surface area contributed by atoms with Crippen LogP contribution in [0.25, 0.3) is 10.2 Å². The van der Waals surface area contributed by atoms with Crippen molar-refractivity contribution in [1.29, 1.82) is 0 Å². The third kappa shape index (κ3) is 3.76. The van der Waals surface area contributed by atoms with Gasteiger partial charge in [-0.3, -0.25) is 4.90 Å². The molecule has 0 saturated carbocycles. The summed E-state index contributed by atoms with van der Waals surface area (Å²) in [6.07, 6.45) is 2.55. The summed E-state index contributed by atoms with van der Waals surface area (Å²) in [6, 6.07) is 6.82. The molecule has 3 aromatic rings. The second-order valence-corrected chi connectivity index (χ2v) is 9.56. The van der Waals surface area contributed by atoms with Crippen molar-refractivity contribution in [2.45, 2.75) is 33.2 Å². The average molecular weight is 426 g/mol. The van der Waals surface area contributed by atoms with Crippen LogP contribution in [-0.2, 0) is 6.54 Å². The highest BCUT2D eigenvalue weighted by atomic mass is 32.1. The first kappa shape index (κ1) is 19.7. The van der Waals surface area contributed by atoms with Crippen molar-refractivity contribution in [3.05, 3.63) is 46.3 Å². The highest BCUT2D eigenvalue weighted by Crippen LogP contribution is 2.36. The lowest BCUT2D eigenvalue weighted by atomic mass is 10.2. The van der Waals surface area contributed by atoms with Crippen LogP contribution in [0.4, 0.5) is 15.9 Å². The quantitative estimate of drug-likeness (QED) is 0.620. The number of anilines is 2. The van der Waals surface area contributed by atoms with Crippen LogP contribution >= 0.6 is 11.3 Å². The van der Waals surface area contributed by atoms with E-state index in [9.17, 15) is 4.39 Å². The van der Waals surface area contributed by atoms with E-state index >= 15 is 0 Å². The monoisotopic (exact) mass is 425 g/mol. The first-order valence-electron chi connectivity index (χ1n) is 10.8. The van der Waals surface area contributed by atoms with Gasteiger partial charge < -0.3 is 9.80 Å². The number of halogens is 1. The number of hydrogen-bond donors (Lipinski definition) is 0. The molecule has 158 valence electrons. The molecular formula is C23H28FN5S. The van der Waals surface area contributed by atoms with Gasteiger partial charge in [-0.25, -0.2) is 14.4 Å². The molecule has 0 aliphatic carbocycles. The predicted molar refractivity (Wildman–Crippen MR) is 122 cm³/mol. The number of aromatic nitrogens is 2.